The fourth-order valence-corrected chi connectivity index (χ4v) is 4.29. The van der Waals surface area contributed by atoms with E-state index in [9.17, 15) is 4.79 Å². The van der Waals surface area contributed by atoms with Crippen LogP contribution in [0, 0.1) is 0 Å². The number of hydrogen-bond donors (Lipinski definition) is 1. The van der Waals surface area contributed by atoms with E-state index in [1.807, 2.05) is 36.4 Å². The fraction of sp³-hybridized carbons (Fsp3) is 0.261. The van der Waals surface area contributed by atoms with Crippen molar-refractivity contribution in [3.8, 4) is 22.9 Å². The number of Topliss-reactive ketones (excluding diaryl/α,β-unsaturated/α-hetero) is 1. The minimum atomic E-state index is -0.356. The number of ether oxygens (including phenoxy) is 2. The first kappa shape index (κ1) is 19.6. The summed E-state index contributed by atoms with van der Waals surface area (Å²) in [5, 5.41) is 8.78. The molecule has 1 aliphatic heterocycles. The van der Waals surface area contributed by atoms with Crippen LogP contribution in [0.2, 0.25) is 5.02 Å². The summed E-state index contributed by atoms with van der Waals surface area (Å²) in [4.78, 5) is 17.7. The number of halogens is 1. The van der Waals surface area contributed by atoms with Crippen LogP contribution in [0.3, 0.4) is 0 Å². The third-order valence-corrected chi connectivity index (χ3v) is 5.92. The minimum absolute atomic E-state index is 0.138. The number of aromatic nitrogens is 3. The lowest BCUT2D eigenvalue weighted by Crippen LogP contribution is -2.31. The summed E-state index contributed by atoms with van der Waals surface area (Å²) in [7, 11) is 3.21. The molecule has 0 amide bonds. The molecule has 5 rings (SSSR count). The van der Waals surface area contributed by atoms with Gasteiger partial charge in [0.2, 0.25) is 5.95 Å². The Labute approximate surface area is 184 Å². The molecule has 1 aromatic heterocycles. The van der Waals surface area contributed by atoms with Gasteiger partial charge >= 0.3 is 0 Å². The van der Waals surface area contributed by atoms with Crippen LogP contribution in [-0.4, -0.2) is 34.8 Å². The number of benzene rings is 2. The Balaban J connectivity index is 1.66. The molecule has 0 saturated carbocycles. The maximum Gasteiger partial charge on any atom is 0.226 e. The van der Waals surface area contributed by atoms with Crippen molar-refractivity contribution >= 4 is 23.3 Å². The summed E-state index contributed by atoms with van der Waals surface area (Å²) in [6, 6.07) is 12.7. The average Bonchev–Trinajstić information content (AvgIpc) is 3.22. The Morgan fingerprint density at radius 1 is 1.06 bits per heavy atom. The summed E-state index contributed by atoms with van der Waals surface area (Å²) in [6.07, 6.45) is 2.17. The van der Waals surface area contributed by atoms with Gasteiger partial charge in [-0.05, 0) is 42.7 Å². The number of rotatable bonds is 4. The zero-order chi connectivity index (χ0) is 21.5. The molecular weight excluding hydrogens is 416 g/mol. The summed E-state index contributed by atoms with van der Waals surface area (Å²) in [6.45, 7) is 0. The third-order valence-electron chi connectivity index (χ3n) is 5.66. The molecule has 0 radical (unpaired) electrons. The molecule has 8 heteroatoms. The number of allylic oxidation sites excluding steroid dienone is 2. The predicted octanol–water partition coefficient (Wildman–Crippen LogP) is 4.64. The van der Waals surface area contributed by atoms with E-state index in [0.717, 1.165) is 35.2 Å². The Bertz CT molecular complexity index is 1180. The number of nitrogens with zero attached hydrogens (tertiary/aromatic N) is 3. The zero-order valence-electron chi connectivity index (χ0n) is 17.2. The lowest BCUT2D eigenvalue weighted by Gasteiger charge is -2.32. The van der Waals surface area contributed by atoms with Gasteiger partial charge < -0.3 is 14.8 Å². The van der Waals surface area contributed by atoms with E-state index in [1.165, 1.54) is 0 Å². The van der Waals surface area contributed by atoms with E-state index >= 15 is 0 Å². The highest BCUT2D eigenvalue weighted by molar-refractivity contribution is 6.30. The molecule has 2 aromatic carbocycles. The van der Waals surface area contributed by atoms with Crippen molar-refractivity contribution in [2.45, 2.75) is 25.3 Å². The lowest BCUT2D eigenvalue weighted by atomic mass is 9.85. The van der Waals surface area contributed by atoms with Gasteiger partial charge in [-0.15, -0.1) is 5.10 Å². The van der Waals surface area contributed by atoms with Gasteiger partial charge in [-0.3, -0.25) is 4.79 Å². The number of nitrogens with one attached hydrogen (secondary N) is 1. The SMILES string of the molecule is COc1cc(OC)cc(-c2nc3n(n2)[C@H](c2ccc(Cl)cc2)C2=C(CCCC2=O)N3)c1. The number of anilines is 1. The minimum Gasteiger partial charge on any atom is -0.497 e. The van der Waals surface area contributed by atoms with Gasteiger partial charge in [-0.25, -0.2) is 4.68 Å². The first-order chi connectivity index (χ1) is 15.1. The van der Waals surface area contributed by atoms with Crippen LogP contribution < -0.4 is 14.8 Å². The lowest BCUT2D eigenvalue weighted by molar-refractivity contribution is -0.116. The summed E-state index contributed by atoms with van der Waals surface area (Å²) < 4.78 is 12.6. The van der Waals surface area contributed by atoms with Crippen molar-refractivity contribution < 1.29 is 14.3 Å². The quantitative estimate of drug-likeness (QED) is 0.642. The molecule has 31 heavy (non-hydrogen) atoms. The molecule has 0 fully saturated rings. The molecule has 2 heterocycles. The van der Waals surface area contributed by atoms with Crippen LogP contribution in [0.25, 0.3) is 11.4 Å². The number of ketones is 1. The second kappa shape index (κ2) is 7.74. The second-order valence-electron chi connectivity index (χ2n) is 7.55. The number of hydrogen-bond acceptors (Lipinski definition) is 6. The molecule has 0 saturated heterocycles. The Kier molecular flexibility index (Phi) is 4.90. The number of fused-ring (bicyclic) bond motifs is 1. The van der Waals surface area contributed by atoms with Crippen molar-refractivity contribution in [2.75, 3.05) is 19.5 Å². The number of carbonyl (C=O) groups excluding carboxylic acids is 1. The van der Waals surface area contributed by atoms with Gasteiger partial charge in [-0.2, -0.15) is 4.98 Å². The van der Waals surface area contributed by atoms with Gasteiger partial charge in [-0.1, -0.05) is 23.7 Å². The Morgan fingerprint density at radius 3 is 2.45 bits per heavy atom. The van der Waals surface area contributed by atoms with E-state index in [-0.39, 0.29) is 11.8 Å². The first-order valence-electron chi connectivity index (χ1n) is 10.1. The number of carbonyl (C=O) groups is 1. The Morgan fingerprint density at radius 2 is 1.77 bits per heavy atom. The van der Waals surface area contributed by atoms with Gasteiger partial charge in [0.15, 0.2) is 11.6 Å². The van der Waals surface area contributed by atoms with Crippen molar-refractivity contribution in [1.29, 1.82) is 0 Å². The van der Waals surface area contributed by atoms with Crippen LogP contribution in [0.5, 0.6) is 11.5 Å². The molecule has 3 aromatic rings. The first-order valence-corrected chi connectivity index (χ1v) is 10.4. The van der Waals surface area contributed by atoms with Gasteiger partial charge in [0.1, 0.15) is 17.5 Å². The molecule has 0 spiro atoms. The van der Waals surface area contributed by atoms with E-state index in [0.29, 0.717) is 34.7 Å². The normalized spacial score (nSPS) is 17.6. The van der Waals surface area contributed by atoms with Crippen LogP contribution >= 0.6 is 11.6 Å². The smallest absolute Gasteiger partial charge is 0.226 e. The maximum absolute atomic E-state index is 12.9. The molecule has 7 nitrogen and oxygen atoms in total. The Hall–Kier alpha value is -3.32. The van der Waals surface area contributed by atoms with E-state index in [4.69, 9.17) is 31.2 Å². The average molecular weight is 437 g/mol. The molecule has 1 aliphatic carbocycles. The van der Waals surface area contributed by atoms with Gasteiger partial charge in [0.05, 0.1) is 14.2 Å². The third kappa shape index (κ3) is 3.45. The summed E-state index contributed by atoms with van der Waals surface area (Å²) in [5.74, 6) is 2.56. The summed E-state index contributed by atoms with van der Waals surface area (Å²) in [5.41, 5.74) is 3.38. The highest BCUT2D eigenvalue weighted by Crippen LogP contribution is 2.41. The van der Waals surface area contributed by atoms with Gasteiger partial charge in [0.25, 0.3) is 0 Å². The molecule has 2 aliphatic rings. The van der Waals surface area contributed by atoms with Crippen molar-refractivity contribution in [3.05, 3.63) is 64.3 Å². The van der Waals surface area contributed by atoms with Crippen molar-refractivity contribution in [3.63, 3.8) is 0 Å². The predicted molar refractivity (Wildman–Crippen MR) is 118 cm³/mol. The second-order valence-corrected chi connectivity index (χ2v) is 7.99. The largest absolute Gasteiger partial charge is 0.497 e. The molecule has 1 atom stereocenters. The summed E-state index contributed by atoms with van der Waals surface area (Å²) >= 11 is 6.11. The maximum atomic E-state index is 12.9. The van der Waals surface area contributed by atoms with E-state index in [1.54, 1.807) is 25.0 Å². The molecule has 0 unspecified atom stereocenters. The van der Waals surface area contributed by atoms with Crippen LogP contribution in [0.4, 0.5) is 5.95 Å². The molecular formula is C23H21ClN4O3. The van der Waals surface area contributed by atoms with Crippen LogP contribution in [-0.2, 0) is 4.79 Å². The highest BCUT2D eigenvalue weighted by atomic mass is 35.5. The zero-order valence-corrected chi connectivity index (χ0v) is 17.9. The topological polar surface area (TPSA) is 78.3 Å². The van der Waals surface area contributed by atoms with Crippen LogP contribution in [0.1, 0.15) is 30.9 Å². The van der Waals surface area contributed by atoms with Crippen molar-refractivity contribution in [1.82, 2.24) is 14.8 Å². The van der Waals surface area contributed by atoms with E-state index in [2.05, 4.69) is 5.32 Å². The molecule has 158 valence electrons. The monoisotopic (exact) mass is 436 g/mol. The standard InChI is InChI=1S/C23H21ClN4O3/c1-30-16-10-14(11-17(12-16)31-2)22-26-23-25-18-4-3-5-19(29)20(18)21(28(23)27-22)13-6-8-15(24)9-7-13/h6-12,21H,3-5H2,1-2H3,(H,25,26,27)/t21-/m1/s1. The highest BCUT2D eigenvalue weighted by Gasteiger charge is 2.36. The van der Waals surface area contributed by atoms with E-state index < -0.39 is 0 Å². The van der Waals surface area contributed by atoms with Crippen molar-refractivity contribution in [2.24, 2.45) is 0 Å². The molecule has 0 bridgehead atoms. The fourth-order valence-electron chi connectivity index (χ4n) is 4.17. The van der Waals surface area contributed by atoms with Crippen LogP contribution in [0.15, 0.2) is 53.7 Å². The molecule has 1 N–H and O–H groups in total. The number of methoxy groups -OCH3 is 2. The van der Waals surface area contributed by atoms with Gasteiger partial charge in [0, 0.05) is 34.3 Å².